The molecule has 0 radical (unpaired) electrons. The van der Waals surface area contributed by atoms with Gasteiger partial charge >= 0.3 is 0 Å². The molecule has 3 rings (SSSR count). The Hall–Kier alpha value is -2.60. The van der Waals surface area contributed by atoms with Gasteiger partial charge in [0.25, 0.3) is 0 Å². The maximum Gasteiger partial charge on any atom is 0.228 e. The van der Waals surface area contributed by atoms with E-state index in [0.29, 0.717) is 13.2 Å². The number of hydrogen-bond acceptors (Lipinski definition) is 5. The molecule has 130 valence electrons. The van der Waals surface area contributed by atoms with Crippen molar-refractivity contribution in [3.63, 3.8) is 0 Å². The summed E-state index contributed by atoms with van der Waals surface area (Å²) in [4.78, 5) is 18.6. The van der Waals surface area contributed by atoms with Crippen LogP contribution in [0.15, 0.2) is 52.5 Å². The van der Waals surface area contributed by atoms with E-state index in [0.717, 1.165) is 27.8 Å². The fourth-order valence-electron chi connectivity index (χ4n) is 2.45. The molecule has 0 bridgehead atoms. The van der Waals surface area contributed by atoms with Crippen molar-refractivity contribution in [3.05, 3.63) is 59.5 Å². The van der Waals surface area contributed by atoms with Gasteiger partial charge in [-0.3, -0.25) is 4.79 Å². The van der Waals surface area contributed by atoms with Gasteiger partial charge in [-0.05, 0) is 31.2 Å². The Morgan fingerprint density at radius 3 is 2.88 bits per heavy atom. The zero-order valence-corrected chi connectivity index (χ0v) is 15.1. The molecular formula is C19H20N2O3S. The number of furan rings is 1. The highest BCUT2D eigenvalue weighted by molar-refractivity contribution is 7.13. The normalized spacial score (nSPS) is 10.6. The molecule has 0 unspecified atom stereocenters. The number of amides is 1. The molecule has 2 heterocycles. The summed E-state index contributed by atoms with van der Waals surface area (Å²) in [5.41, 5.74) is 1.72. The van der Waals surface area contributed by atoms with Crippen molar-refractivity contribution >= 4 is 17.2 Å². The molecule has 1 aromatic carbocycles. The van der Waals surface area contributed by atoms with Gasteiger partial charge in [-0.25, -0.2) is 4.98 Å². The number of thiazole rings is 1. The van der Waals surface area contributed by atoms with Crippen molar-refractivity contribution in [2.24, 2.45) is 0 Å². The Morgan fingerprint density at radius 2 is 2.12 bits per heavy atom. The average molecular weight is 356 g/mol. The van der Waals surface area contributed by atoms with Crippen LogP contribution in [0.5, 0.6) is 5.75 Å². The van der Waals surface area contributed by atoms with Crippen molar-refractivity contribution in [2.45, 2.75) is 19.9 Å². The SMILES string of the molecule is CCOc1ccccc1-c1nc(CC(=O)N(C)Cc2ccco2)cs1. The maximum atomic E-state index is 12.4. The first kappa shape index (κ1) is 17.2. The highest BCUT2D eigenvalue weighted by Gasteiger charge is 2.15. The predicted molar refractivity (Wildman–Crippen MR) is 97.6 cm³/mol. The van der Waals surface area contributed by atoms with Crippen molar-refractivity contribution in [2.75, 3.05) is 13.7 Å². The van der Waals surface area contributed by atoms with E-state index < -0.39 is 0 Å². The van der Waals surface area contributed by atoms with E-state index in [1.165, 1.54) is 11.3 Å². The van der Waals surface area contributed by atoms with Crippen LogP contribution in [0.4, 0.5) is 0 Å². The molecule has 0 aliphatic carbocycles. The van der Waals surface area contributed by atoms with Crippen LogP contribution in [0, 0.1) is 0 Å². The molecule has 0 fully saturated rings. The molecule has 2 aromatic heterocycles. The fourth-order valence-corrected chi connectivity index (χ4v) is 3.30. The van der Waals surface area contributed by atoms with Gasteiger partial charge in [0.2, 0.25) is 5.91 Å². The van der Waals surface area contributed by atoms with Gasteiger partial charge < -0.3 is 14.1 Å². The lowest BCUT2D eigenvalue weighted by molar-refractivity contribution is -0.129. The lowest BCUT2D eigenvalue weighted by Gasteiger charge is -2.14. The molecule has 25 heavy (non-hydrogen) atoms. The number of para-hydroxylation sites is 1. The topological polar surface area (TPSA) is 55.6 Å². The van der Waals surface area contributed by atoms with Crippen LogP contribution < -0.4 is 4.74 Å². The molecule has 0 aliphatic rings. The Bertz CT molecular complexity index is 827. The third-order valence-electron chi connectivity index (χ3n) is 3.70. The summed E-state index contributed by atoms with van der Waals surface area (Å²) in [6, 6.07) is 11.5. The highest BCUT2D eigenvalue weighted by atomic mass is 32.1. The van der Waals surface area contributed by atoms with E-state index >= 15 is 0 Å². The fraction of sp³-hybridized carbons (Fsp3) is 0.263. The maximum absolute atomic E-state index is 12.4. The Kier molecular flexibility index (Phi) is 5.50. The molecule has 0 saturated heterocycles. The zero-order chi connectivity index (χ0) is 17.6. The average Bonchev–Trinajstić information content (AvgIpc) is 3.27. The quantitative estimate of drug-likeness (QED) is 0.642. The summed E-state index contributed by atoms with van der Waals surface area (Å²) in [7, 11) is 1.77. The Balaban J connectivity index is 1.68. The Morgan fingerprint density at radius 1 is 1.28 bits per heavy atom. The van der Waals surface area contributed by atoms with Crippen LogP contribution in [-0.4, -0.2) is 29.4 Å². The van der Waals surface area contributed by atoms with Crippen LogP contribution >= 0.6 is 11.3 Å². The third-order valence-corrected chi connectivity index (χ3v) is 4.62. The van der Waals surface area contributed by atoms with Gasteiger partial charge in [0.15, 0.2) is 0 Å². The molecule has 0 N–H and O–H groups in total. The van der Waals surface area contributed by atoms with E-state index in [9.17, 15) is 4.79 Å². The molecule has 0 saturated carbocycles. The standard InChI is InChI=1S/C19H20N2O3S/c1-3-23-17-9-5-4-8-16(17)19-20-14(13-25-19)11-18(22)21(2)12-15-7-6-10-24-15/h4-10,13H,3,11-12H2,1-2H3. The molecule has 1 amide bonds. The van der Waals surface area contributed by atoms with E-state index in [2.05, 4.69) is 4.98 Å². The van der Waals surface area contributed by atoms with Gasteiger partial charge in [0.1, 0.15) is 16.5 Å². The van der Waals surface area contributed by atoms with Crippen molar-refractivity contribution < 1.29 is 13.9 Å². The second-order valence-electron chi connectivity index (χ2n) is 5.58. The van der Waals surface area contributed by atoms with E-state index in [1.807, 2.05) is 48.7 Å². The number of likely N-dealkylation sites (N-methyl/N-ethyl adjacent to an activating group) is 1. The predicted octanol–water partition coefficient (Wildman–Crippen LogP) is 4.00. The van der Waals surface area contributed by atoms with Gasteiger partial charge in [-0.1, -0.05) is 12.1 Å². The Labute approximate surface area is 150 Å². The first-order valence-electron chi connectivity index (χ1n) is 8.10. The summed E-state index contributed by atoms with van der Waals surface area (Å²) < 4.78 is 10.9. The van der Waals surface area contributed by atoms with E-state index in [1.54, 1.807) is 18.2 Å². The second-order valence-corrected chi connectivity index (χ2v) is 6.44. The minimum atomic E-state index is 0.00587. The van der Waals surface area contributed by atoms with Crippen molar-refractivity contribution in [1.29, 1.82) is 0 Å². The third kappa shape index (κ3) is 4.28. The van der Waals surface area contributed by atoms with Crippen molar-refractivity contribution in [1.82, 2.24) is 9.88 Å². The number of rotatable bonds is 7. The van der Waals surface area contributed by atoms with Crippen LogP contribution in [0.3, 0.4) is 0 Å². The molecule has 3 aromatic rings. The van der Waals surface area contributed by atoms with E-state index in [-0.39, 0.29) is 12.3 Å². The number of carbonyl (C=O) groups is 1. The molecule has 6 heteroatoms. The highest BCUT2D eigenvalue weighted by Crippen LogP contribution is 2.32. The number of nitrogens with zero attached hydrogens (tertiary/aromatic N) is 2. The van der Waals surface area contributed by atoms with Crippen LogP contribution in [0.25, 0.3) is 10.6 Å². The lowest BCUT2D eigenvalue weighted by atomic mass is 10.2. The molecule has 5 nitrogen and oxygen atoms in total. The monoisotopic (exact) mass is 356 g/mol. The van der Waals surface area contributed by atoms with Gasteiger partial charge in [-0.2, -0.15) is 0 Å². The molecule has 0 aliphatic heterocycles. The van der Waals surface area contributed by atoms with Gasteiger partial charge in [-0.15, -0.1) is 11.3 Å². The van der Waals surface area contributed by atoms with Gasteiger partial charge in [0, 0.05) is 12.4 Å². The zero-order valence-electron chi connectivity index (χ0n) is 14.3. The first-order chi connectivity index (χ1) is 12.2. The minimum Gasteiger partial charge on any atom is -0.493 e. The van der Waals surface area contributed by atoms with Crippen LogP contribution in [0.1, 0.15) is 18.4 Å². The number of hydrogen-bond donors (Lipinski definition) is 0. The smallest absolute Gasteiger partial charge is 0.228 e. The van der Waals surface area contributed by atoms with Gasteiger partial charge in [0.05, 0.1) is 37.1 Å². The number of aromatic nitrogens is 1. The summed E-state index contributed by atoms with van der Waals surface area (Å²) in [5.74, 6) is 1.58. The first-order valence-corrected chi connectivity index (χ1v) is 8.98. The van der Waals surface area contributed by atoms with Crippen LogP contribution in [-0.2, 0) is 17.8 Å². The minimum absolute atomic E-state index is 0.00587. The van der Waals surface area contributed by atoms with E-state index in [4.69, 9.17) is 9.15 Å². The summed E-state index contributed by atoms with van der Waals surface area (Å²) in [6.07, 6.45) is 1.88. The van der Waals surface area contributed by atoms with Crippen LogP contribution in [0.2, 0.25) is 0 Å². The summed E-state index contributed by atoms with van der Waals surface area (Å²) in [6.45, 7) is 3.01. The lowest BCUT2D eigenvalue weighted by Crippen LogP contribution is -2.27. The summed E-state index contributed by atoms with van der Waals surface area (Å²) in [5, 5.41) is 2.79. The summed E-state index contributed by atoms with van der Waals surface area (Å²) >= 11 is 1.52. The molecule has 0 spiro atoms. The second kappa shape index (κ2) is 7.98. The largest absolute Gasteiger partial charge is 0.493 e. The number of benzene rings is 1. The molecular weight excluding hydrogens is 336 g/mol. The number of carbonyl (C=O) groups excluding carboxylic acids is 1. The van der Waals surface area contributed by atoms with Crippen molar-refractivity contribution in [3.8, 4) is 16.3 Å². The molecule has 0 atom stereocenters. The number of ether oxygens (including phenoxy) is 1.